The van der Waals surface area contributed by atoms with Gasteiger partial charge < -0.3 is 4.74 Å². The smallest absolute Gasteiger partial charge is 0.294 e. The van der Waals surface area contributed by atoms with Crippen LogP contribution in [0.3, 0.4) is 0 Å². The lowest BCUT2D eigenvalue weighted by atomic mass is 10.1. The standard InChI is InChI=1S/C18H16N2O7S2/c1-11-8-16(17(27-2)10-18(11)29(24,25)26)20-19-15-5-3-4-12-9-13(28(21,22)23)6-7-14(12)15/h3-10H,1-2H3,(H,21,22,23)(H,24,25,26). The number of methoxy groups -OCH3 is 1. The molecule has 0 heterocycles. The van der Waals surface area contributed by atoms with E-state index in [2.05, 4.69) is 10.2 Å². The molecule has 3 rings (SSSR count). The number of hydrogen-bond donors (Lipinski definition) is 2. The Morgan fingerprint density at radius 3 is 2.17 bits per heavy atom. The van der Waals surface area contributed by atoms with Gasteiger partial charge in [0.2, 0.25) is 0 Å². The Balaban J connectivity index is 2.09. The quantitative estimate of drug-likeness (QED) is 0.453. The lowest BCUT2D eigenvalue weighted by Crippen LogP contribution is -2.01. The summed E-state index contributed by atoms with van der Waals surface area (Å²) in [6.07, 6.45) is 0. The van der Waals surface area contributed by atoms with Gasteiger partial charge in [-0.05, 0) is 42.1 Å². The predicted octanol–water partition coefficient (Wildman–Crippen LogP) is 4.07. The highest BCUT2D eigenvalue weighted by atomic mass is 32.2. The van der Waals surface area contributed by atoms with Crippen LogP contribution in [0.1, 0.15) is 5.56 Å². The highest BCUT2D eigenvalue weighted by Crippen LogP contribution is 2.35. The molecule has 3 aromatic rings. The Kier molecular flexibility index (Phi) is 5.41. The van der Waals surface area contributed by atoms with Gasteiger partial charge in [-0.15, -0.1) is 10.2 Å². The van der Waals surface area contributed by atoms with E-state index in [0.29, 0.717) is 16.5 Å². The maximum Gasteiger partial charge on any atom is 0.294 e. The summed E-state index contributed by atoms with van der Waals surface area (Å²) >= 11 is 0. The van der Waals surface area contributed by atoms with E-state index in [9.17, 15) is 25.9 Å². The van der Waals surface area contributed by atoms with Gasteiger partial charge >= 0.3 is 0 Å². The lowest BCUT2D eigenvalue weighted by Gasteiger charge is -2.09. The fourth-order valence-corrected chi connectivity index (χ4v) is 4.01. The zero-order valence-electron chi connectivity index (χ0n) is 15.3. The van der Waals surface area contributed by atoms with Crippen LogP contribution in [0, 0.1) is 6.92 Å². The summed E-state index contributed by atoms with van der Waals surface area (Å²) in [7, 11) is -7.42. The normalized spacial score (nSPS) is 12.6. The van der Waals surface area contributed by atoms with Crippen LogP contribution in [-0.4, -0.2) is 33.1 Å². The van der Waals surface area contributed by atoms with Crippen LogP contribution in [0.2, 0.25) is 0 Å². The van der Waals surface area contributed by atoms with Crippen molar-refractivity contribution in [2.24, 2.45) is 10.2 Å². The van der Waals surface area contributed by atoms with Crippen molar-refractivity contribution >= 4 is 42.4 Å². The molecular weight excluding hydrogens is 420 g/mol. The van der Waals surface area contributed by atoms with Gasteiger partial charge in [0, 0.05) is 11.5 Å². The lowest BCUT2D eigenvalue weighted by molar-refractivity contribution is 0.413. The summed E-state index contributed by atoms with van der Waals surface area (Å²) in [6.45, 7) is 1.50. The van der Waals surface area contributed by atoms with Crippen LogP contribution in [0.4, 0.5) is 11.4 Å². The van der Waals surface area contributed by atoms with Gasteiger partial charge in [0.15, 0.2) is 0 Å². The number of aryl methyl sites for hydroxylation is 1. The Bertz CT molecular complexity index is 1350. The molecule has 3 aromatic carbocycles. The van der Waals surface area contributed by atoms with E-state index < -0.39 is 20.2 Å². The maximum absolute atomic E-state index is 11.4. The molecule has 0 radical (unpaired) electrons. The van der Waals surface area contributed by atoms with Gasteiger partial charge in [-0.1, -0.05) is 18.2 Å². The molecule has 0 unspecified atom stereocenters. The average Bonchev–Trinajstić information content (AvgIpc) is 2.64. The van der Waals surface area contributed by atoms with Gasteiger partial charge in [-0.3, -0.25) is 9.11 Å². The second-order valence-electron chi connectivity index (χ2n) is 6.10. The molecule has 0 aliphatic carbocycles. The van der Waals surface area contributed by atoms with E-state index in [1.54, 1.807) is 18.2 Å². The number of fused-ring (bicyclic) bond motifs is 1. The minimum atomic E-state index is -4.42. The molecule has 29 heavy (non-hydrogen) atoms. The summed E-state index contributed by atoms with van der Waals surface area (Å²) in [4.78, 5) is -0.534. The fourth-order valence-electron chi connectivity index (χ4n) is 2.77. The minimum absolute atomic E-state index is 0.0980. The number of ether oxygens (including phenoxy) is 1. The molecule has 0 bridgehead atoms. The molecule has 11 heteroatoms. The Morgan fingerprint density at radius 1 is 0.862 bits per heavy atom. The van der Waals surface area contributed by atoms with Crippen molar-refractivity contribution in [2.75, 3.05) is 7.11 Å². The van der Waals surface area contributed by atoms with Gasteiger partial charge in [0.1, 0.15) is 16.3 Å². The van der Waals surface area contributed by atoms with Crippen molar-refractivity contribution < 1.29 is 30.7 Å². The third-order valence-corrected chi connectivity index (χ3v) is 5.99. The zero-order valence-corrected chi connectivity index (χ0v) is 16.9. The van der Waals surface area contributed by atoms with Crippen LogP contribution in [0.25, 0.3) is 10.8 Å². The second kappa shape index (κ2) is 7.52. The van der Waals surface area contributed by atoms with Crippen LogP contribution in [0.15, 0.2) is 68.6 Å². The first-order valence-corrected chi connectivity index (χ1v) is 11.0. The topological polar surface area (TPSA) is 143 Å². The van der Waals surface area contributed by atoms with E-state index in [4.69, 9.17) is 4.74 Å². The predicted molar refractivity (Wildman–Crippen MR) is 105 cm³/mol. The monoisotopic (exact) mass is 436 g/mol. The van der Waals surface area contributed by atoms with Gasteiger partial charge in [-0.25, -0.2) is 0 Å². The summed E-state index contributed by atoms with van der Waals surface area (Å²) in [6, 6.07) is 11.6. The highest BCUT2D eigenvalue weighted by molar-refractivity contribution is 7.86. The van der Waals surface area contributed by atoms with E-state index in [1.165, 1.54) is 38.3 Å². The molecule has 9 nitrogen and oxygen atoms in total. The van der Waals surface area contributed by atoms with Crippen LogP contribution in [0.5, 0.6) is 5.75 Å². The molecule has 0 saturated carbocycles. The average molecular weight is 436 g/mol. The SMILES string of the molecule is COc1cc(S(=O)(=O)O)c(C)cc1N=Nc1cccc2cc(S(=O)(=O)O)ccc12. The van der Waals surface area contributed by atoms with E-state index in [0.717, 1.165) is 6.07 Å². The van der Waals surface area contributed by atoms with Crippen LogP contribution < -0.4 is 4.74 Å². The summed E-state index contributed by atoms with van der Waals surface area (Å²) in [5.41, 5.74) is 0.921. The molecular formula is C18H16N2O7S2. The van der Waals surface area contributed by atoms with E-state index in [1.807, 2.05) is 0 Å². The molecule has 0 aromatic heterocycles. The zero-order chi connectivity index (χ0) is 21.4. The Hall–Kier alpha value is -2.86. The molecule has 0 atom stereocenters. The Labute approximate surface area is 167 Å². The number of azo groups is 1. The third kappa shape index (κ3) is 4.43. The minimum Gasteiger partial charge on any atom is -0.494 e. The molecule has 0 aliphatic heterocycles. The first kappa shape index (κ1) is 20.9. The second-order valence-corrected chi connectivity index (χ2v) is 8.91. The maximum atomic E-state index is 11.4. The molecule has 152 valence electrons. The molecule has 0 fully saturated rings. The fraction of sp³-hybridized carbons (Fsp3) is 0.111. The van der Waals surface area contributed by atoms with Crippen molar-refractivity contribution in [1.82, 2.24) is 0 Å². The first-order valence-electron chi connectivity index (χ1n) is 8.09. The summed E-state index contributed by atoms with van der Waals surface area (Å²) < 4.78 is 69.1. The summed E-state index contributed by atoms with van der Waals surface area (Å²) in [5.74, 6) is 0.0980. The van der Waals surface area contributed by atoms with Crippen molar-refractivity contribution in [2.45, 2.75) is 16.7 Å². The highest BCUT2D eigenvalue weighted by Gasteiger charge is 2.17. The van der Waals surface area contributed by atoms with Crippen molar-refractivity contribution in [1.29, 1.82) is 0 Å². The van der Waals surface area contributed by atoms with Crippen LogP contribution >= 0.6 is 0 Å². The molecule has 0 spiro atoms. The molecule has 2 N–H and O–H groups in total. The molecule has 0 aliphatic rings. The number of nitrogens with zero attached hydrogens (tertiary/aromatic N) is 2. The summed E-state index contributed by atoms with van der Waals surface area (Å²) in [5, 5.41) is 9.39. The van der Waals surface area contributed by atoms with Gasteiger partial charge in [-0.2, -0.15) is 16.8 Å². The molecule has 0 saturated heterocycles. The van der Waals surface area contributed by atoms with E-state index in [-0.39, 0.29) is 26.8 Å². The van der Waals surface area contributed by atoms with E-state index >= 15 is 0 Å². The van der Waals surface area contributed by atoms with Crippen LogP contribution in [-0.2, 0) is 20.2 Å². The number of hydrogen-bond acceptors (Lipinski definition) is 7. The number of benzene rings is 3. The number of rotatable bonds is 5. The third-order valence-electron chi connectivity index (χ3n) is 4.15. The largest absolute Gasteiger partial charge is 0.494 e. The Morgan fingerprint density at radius 2 is 1.55 bits per heavy atom. The van der Waals surface area contributed by atoms with Crippen molar-refractivity contribution in [3.05, 3.63) is 54.1 Å². The first-order chi connectivity index (χ1) is 13.5. The van der Waals surface area contributed by atoms with Gasteiger partial charge in [0.25, 0.3) is 20.2 Å². The van der Waals surface area contributed by atoms with Gasteiger partial charge in [0.05, 0.1) is 17.7 Å². The van der Waals surface area contributed by atoms with Crippen molar-refractivity contribution in [3.63, 3.8) is 0 Å². The molecule has 0 amide bonds. The van der Waals surface area contributed by atoms with Crippen molar-refractivity contribution in [3.8, 4) is 5.75 Å².